The molecule has 0 radical (unpaired) electrons. The van der Waals surface area contributed by atoms with E-state index in [1.54, 1.807) is 6.92 Å². The van der Waals surface area contributed by atoms with Gasteiger partial charge in [0.15, 0.2) is 0 Å². The molecule has 1 heterocycles. The van der Waals surface area contributed by atoms with Crippen LogP contribution in [0.15, 0.2) is 0 Å². The second-order valence-corrected chi connectivity index (χ2v) is 4.41. The highest BCUT2D eigenvalue weighted by Gasteiger charge is 2.31. The van der Waals surface area contributed by atoms with Crippen LogP contribution >= 0.6 is 0 Å². The Balaban J connectivity index is 2.62. The smallest absolute Gasteiger partial charge is 0.323 e. The molecular formula is C12H22N2O3. The van der Waals surface area contributed by atoms with Crippen LogP contribution in [0.25, 0.3) is 0 Å². The maximum atomic E-state index is 11.8. The van der Waals surface area contributed by atoms with Crippen molar-refractivity contribution in [2.24, 2.45) is 11.7 Å². The summed E-state index contributed by atoms with van der Waals surface area (Å²) in [5.74, 6) is -0.597. The minimum Gasteiger partial charge on any atom is -0.465 e. The van der Waals surface area contributed by atoms with E-state index in [1.165, 1.54) is 0 Å². The van der Waals surface area contributed by atoms with Crippen molar-refractivity contribution in [2.45, 2.75) is 39.2 Å². The SMILES string of the molecule is CCOC(=O)C(CC)N1CCCC(C(N)=O)C1. The molecule has 0 aromatic rings. The molecule has 0 spiro atoms. The number of hydrogen-bond acceptors (Lipinski definition) is 4. The lowest BCUT2D eigenvalue weighted by Crippen LogP contribution is -2.49. The topological polar surface area (TPSA) is 72.6 Å². The Morgan fingerprint density at radius 3 is 2.71 bits per heavy atom. The van der Waals surface area contributed by atoms with E-state index in [0.717, 1.165) is 19.4 Å². The summed E-state index contributed by atoms with van der Waals surface area (Å²) >= 11 is 0. The number of nitrogens with zero attached hydrogens (tertiary/aromatic N) is 1. The summed E-state index contributed by atoms with van der Waals surface area (Å²) < 4.78 is 5.05. The molecule has 1 aliphatic heterocycles. The first-order valence-electron chi connectivity index (χ1n) is 6.30. The summed E-state index contributed by atoms with van der Waals surface area (Å²) in [6, 6.07) is -0.239. The first-order chi connectivity index (χ1) is 8.10. The third kappa shape index (κ3) is 3.70. The molecule has 2 N–H and O–H groups in total. The van der Waals surface area contributed by atoms with Gasteiger partial charge in [-0.2, -0.15) is 0 Å². The van der Waals surface area contributed by atoms with Gasteiger partial charge in [0.2, 0.25) is 5.91 Å². The number of piperidine rings is 1. The van der Waals surface area contributed by atoms with Gasteiger partial charge in [-0.15, -0.1) is 0 Å². The van der Waals surface area contributed by atoms with Crippen molar-refractivity contribution in [1.82, 2.24) is 4.90 Å². The molecule has 1 aliphatic rings. The Labute approximate surface area is 102 Å². The Kier molecular flexibility index (Phi) is 5.41. The van der Waals surface area contributed by atoms with Gasteiger partial charge in [0, 0.05) is 6.54 Å². The van der Waals surface area contributed by atoms with E-state index in [0.29, 0.717) is 19.6 Å². The van der Waals surface area contributed by atoms with E-state index in [4.69, 9.17) is 10.5 Å². The Morgan fingerprint density at radius 2 is 2.18 bits per heavy atom. The molecule has 1 amide bonds. The molecule has 0 aliphatic carbocycles. The fourth-order valence-electron chi connectivity index (χ4n) is 2.33. The summed E-state index contributed by atoms with van der Waals surface area (Å²) in [6.45, 7) is 5.55. The lowest BCUT2D eigenvalue weighted by molar-refractivity contribution is -0.151. The third-order valence-electron chi connectivity index (χ3n) is 3.24. The van der Waals surface area contributed by atoms with Crippen LogP contribution in [-0.4, -0.2) is 42.5 Å². The van der Waals surface area contributed by atoms with Gasteiger partial charge in [-0.05, 0) is 32.7 Å². The fourth-order valence-corrected chi connectivity index (χ4v) is 2.33. The van der Waals surface area contributed by atoms with Crippen molar-refractivity contribution in [3.8, 4) is 0 Å². The summed E-state index contributed by atoms with van der Waals surface area (Å²) in [4.78, 5) is 25.0. The van der Waals surface area contributed by atoms with Crippen LogP contribution in [-0.2, 0) is 14.3 Å². The average Bonchev–Trinajstić information content (AvgIpc) is 2.30. The summed E-state index contributed by atoms with van der Waals surface area (Å²) in [5.41, 5.74) is 5.32. The molecule has 2 atom stereocenters. The number of rotatable bonds is 5. The molecule has 1 fully saturated rings. The second kappa shape index (κ2) is 6.59. The first-order valence-corrected chi connectivity index (χ1v) is 6.30. The number of esters is 1. The molecule has 0 saturated carbocycles. The Morgan fingerprint density at radius 1 is 1.47 bits per heavy atom. The fraction of sp³-hybridized carbons (Fsp3) is 0.833. The number of amides is 1. The number of carbonyl (C=O) groups is 2. The predicted molar refractivity (Wildman–Crippen MR) is 64.2 cm³/mol. The highest BCUT2D eigenvalue weighted by molar-refractivity contribution is 5.78. The van der Waals surface area contributed by atoms with E-state index >= 15 is 0 Å². The molecule has 0 aromatic heterocycles. The number of carbonyl (C=O) groups excluding carboxylic acids is 2. The van der Waals surface area contributed by atoms with Gasteiger partial charge in [0.25, 0.3) is 0 Å². The zero-order chi connectivity index (χ0) is 12.8. The Bertz CT molecular complexity index is 281. The average molecular weight is 242 g/mol. The van der Waals surface area contributed by atoms with Crippen molar-refractivity contribution >= 4 is 11.9 Å². The molecule has 0 aromatic carbocycles. The zero-order valence-corrected chi connectivity index (χ0v) is 10.6. The number of primary amides is 1. The highest BCUT2D eigenvalue weighted by Crippen LogP contribution is 2.20. The maximum Gasteiger partial charge on any atom is 0.323 e. The van der Waals surface area contributed by atoms with Crippen molar-refractivity contribution in [3.63, 3.8) is 0 Å². The van der Waals surface area contributed by atoms with Crippen LogP contribution in [0.4, 0.5) is 0 Å². The monoisotopic (exact) mass is 242 g/mol. The molecule has 5 nitrogen and oxygen atoms in total. The molecule has 2 unspecified atom stereocenters. The molecule has 1 rings (SSSR count). The summed E-state index contributed by atoms with van der Waals surface area (Å²) in [6.07, 6.45) is 2.43. The predicted octanol–water partition coefficient (Wildman–Crippen LogP) is 0.525. The van der Waals surface area contributed by atoms with Crippen molar-refractivity contribution in [3.05, 3.63) is 0 Å². The van der Waals surface area contributed by atoms with Gasteiger partial charge in [-0.25, -0.2) is 0 Å². The van der Waals surface area contributed by atoms with Gasteiger partial charge in [-0.1, -0.05) is 6.92 Å². The molecular weight excluding hydrogens is 220 g/mol. The van der Waals surface area contributed by atoms with Crippen molar-refractivity contribution in [1.29, 1.82) is 0 Å². The Hall–Kier alpha value is -1.10. The minimum atomic E-state index is -0.270. The molecule has 98 valence electrons. The van der Waals surface area contributed by atoms with Crippen LogP contribution in [0.1, 0.15) is 33.1 Å². The van der Waals surface area contributed by atoms with Gasteiger partial charge < -0.3 is 10.5 Å². The molecule has 0 bridgehead atoms. The lowest BCUT2D eigenvalue weighted by Gasteiger charge is -2.35. The maximum absolute atomic E-state index is 11.8. The van der Waals surface area contributed by atoms with Crippen LogP contribution < -0.4 is 5.73 Å². The molecule has 1 saturated heterocycles. The van der Waals surface area contributed by atoms with Gasteiger partial charge >= 0.3 is 5.97 Å². The van der Waals surface area contributed by atoms with E-state index < -0.39 is 0 Å². The number of ether oxygens (including phenoxy) is 1. The zero-order valence-electron chi connectivity index (χ0n) is 10.6. The van der Waals surface area contributed by atoms with Crippen molar-refractivity contribution in [2.75, 3.05) is 19.7 Å². The number of hydrogen-bond donors (Lipinski definition) is 1. The molecule has 17 heavy (non-hydrogen) atoms. The standard InChI is InChI=1S/C12H22N2O3/c1-3-10(12(16)17-4-2)14-7-5-6-9(8-14)11(13)15/h9-10H,3-8H2,1-2H3,(H2,13,15). The van der Waals surface area contributed by atoms with Gasteiger partial charge in [0.1, 0.15) is 6.04 Å². The van der Waals surface area contributed by atoms with Crippen molar-refractivity contribution < 1.29 is 14.3 Å². The molecule has 5 heteroatoms. The summed E-state index contributed by atoms with van der Waals surface area (Å²) in [7, 11) is 0. The number of nitrogens with two attached hydrogens (primary N) is 1. The summed E-state index contributed by atoms with van der Waals surface area (Å²) in [5, 5.41) is 0. The van der Waals surface area contributed by atoms with Crippen LogP contribution in [0.2, 0.25) is 0 Å². The quantitative estimate of drug-likeness (QED) is 0.714. The van der Waals surface area contributed by atoms with Crippen LogP contribution in [0, 0.1) is 5.92 Å². The number of likely N-dealkylation sites (tertiary alicyclic amines) is 1. The highest BCUT2D eigenvalue weighted by atomic mass is 16.5. The van der Waals surface area contributed by atoms with Crippen LogP contribution in [0.3, 0.4) is 0 Å². The normalized spacial score (nSPS) is 23.1. The minimum absolute atomic E-state index is 0.132. The van der Waals surface area contributed by atoms with E-state index in [-0.39, 0.29) is 23.8 Å². The van der Waals surface area contributed by atoms with E-state index in [2.05, 4.69) is 0 Å². The second-order valence-electron chi connectivity index (χ2n) is 4.41. The van der Waals surface area contributed by atoms with E-state index in [9.17, 15) is 9.59 Å². The third-order valence-corrected chi connectivity index (χ3v) is 3.24. The van der Waals surface area contributed by atoms with Crippen LogP contribution in [0.5, 0.6) is 0 Å². The lowest BCUT2D eigenvalue weighted by atomic mass is 9.95. The van der Waals surface area contributed by atoms with Gasteiger partial charge in [-0.3, -0.25) is 14.5 Å². The first kappa shape index (κ1) is 14.0. The largest absolute Gasteiger partial charge is 0.465 e. The van der Waals surface area contributed by atoms with Gasteiger partial charge in [0.05, 0.1) is 12.5 Å². The van der Waals surface area contributed by atoms with E-state index in [1.807, 2.05) is 11.8 Å².